The normalized spacial score (nSPS) is 13.8. The summed E-state index contributed by atoms with van der Waals surface area (Å²) >= 11 is 0. The zero-order valence-electron chi connectivity index (χ0n) is 12.7. The molecule has 2 rings (SSSR count). The quantitative estimate of drug-likeness (QED) is 0.913. The van der Waals surface area contributed by atoms with Gasteiger partial charge in [-0.15, -0.1) is 0 Å². The zero-order chi connectivity index (χ0) is 14.8. The van der Waals surface area contributed by atoms with Crippen LogP contribution >= 0.6 is 0 Å². The first-order valence-corrected chi connectivity index (χ1v) is 7.05. The van der Waals surface area contributed by atoms with Crippen molar-refractivity contribution in [2.75, 3.05) is 6.61 Å². The van der Waals surface area contributed by atoms with E-state index in [-0.39, 0.29) is 0 Å². The summed E-state index contributed by atoms with van der Waals surface area (Å²) in [6, 6.07) is 14.4. The van der Waals surface area contributed by atoms with Crippen molar-refractivity contribution in [3.05, 3.63) is 64.7 Å². The Morgan fingerprint density at radius 3 is 2.35 bits per heavy atom. The summed E-state index contributed by atoms with van der Waals surface area (Å²) in [4.78, 5) is 0. The number of benzene rings is 2. The molecule has 0 radical (unpaired) electrons. The van der Waals surface area contributed by atoms with Crippen LogP contribution in [-0.2, 0) is 5.54 Å². The Bertz CT molecular complexity index is 602. The van der Waals surface area contributed by atoms with Crippen molar-refractivity contribution in [1.29, 1.82) is 0 Å². The predicted octanol–water partition coefficient (Wildman–Crippen LogP) is 3.92. The molecule has 0 saturated heterocycles. The molecule has 0 saturated carbocycles. The second-order valence-corrected chi connectivity index (χ2v) is 5.46. The Morgan fingerprint density at radius 1 is 1.00 bits per heavy atom. The van der Waals surface area contributed by atoms with Crippen LogP contribution in [0.5, 0.6) is 5.75 Å². The summed E-state index contributed by atoms with van der Waals surface area (Å²) in [6.07, 6.45) is 0. The van der Waals surface area contributed by atoms with Crippen molar-refractivity contribution < 1.29 is 4.74 Å². The highest BCUT2D eigenvalue weighted by Gasteiger charge is 2.24. The second kappa shape index (κ2) is 5.68. The maximum atomic E-state index is 6.59. The standard InChI is InChI=1S/C18H23NO/c1-5-20-17-8-6-7-15(12-17)18(4,19)16-10-9-13(2)14(3)11-16/h6-12H,5,19H2,1-4H3. The van der Waals surface area contributed by atoms with Crippen molar-refractivity contribution in [3.63, 3.8) is 0 Å². The molecule has 2 aromatic carbocycles. The summed E-state index contributed by atoms with van der Waals surface area (Å²) in [5.74, 6) is 0.866. The largest absolute Gasteiger partial charge is 0.494 e. The summed E-state index contributed by atoms with van der Waals surface area (Å²) < 4.78 is 5.56. The minimum atomic E-state index is -0.522. The van der Waals surface area contributed by atoms with Gasteiger partial charge in [-0.3, -0.25) is 0 Å². The highest BCUT2D eigenvalue weighted by molar-refractivity contribution is 5.43. The van der Waals surface area contributed by atoms with Gasteiger partial charge in [0, 0.05) is 0 Å². The van der Waals surface area contributed by atoms with Crippen molar-refractivity contribution in [3.8, 4) is 5.75 Å². The number of aryl methyl sites for hydroxylation is 2. The molecule has 0 aliphatic heterocycles. The molecule has 1 unspecified atom stereocenters. The molecule has 2 N–H and O–H groups in total. The first-order chi connectivity index (χ1) is 9.45. The number of rotatable bonds is 4. The van der Waals surface area contributed by atoms with Crippen LogP contribution in [0.3, 0.4) is 0 Å². The van der Waals surface area contributed by atoms with Crippen LogP contribution in [0.4, 0.5) is 0 Å². The summed E-state index contributed by atoms with van der Waals surface area (Å²) in [7, 11) is 0. The Hall–Kier alpha value is -1.80. The molecule has 0 heterocycles. The highest BCUT2D eigenvalue weighted by Crippen LogP contribution is 2.30. The van der Waals surface area contributed by atoms with Gasteiger partial charge in [0.25, 0.3) is 0 Å². The van der Waals surface area contributed by atoms with Crippen LogP contribution in [0.1, 0.15) is 36.1 Å². The number of hydrogen-bond acceptors (Lipinski definition) is 2. The van der Waals surface area contributed by atoms with Crippen molar-refractivity contribution in [1.82, 2.24) is 0 Å². The minimum absolute atomic E-state index is 0.522. The van der Waals surface area contributed by atoms with Crippen molar-refractivity contribution in [2.24, 2.45) is 5.73 Å². The second-order valence-electron chi connectivity index (χ2n) is 5.46. The fourth-order valence-electron chi connectivity index (χ4n) is 2.31. The molecular weight excluding hydrogens is 246 g/mol. The lowest BCUT2D eigenvalue weighted by molar-refractivity contribution is 0.339. The lowest BCUT2D eigenvalue weighted by atomic mass is 9.84. The molecule has 2 nitrogen and oxygen atoms in total. The smallest absolute Gasteiger partial charge is 0.119 e. The molecule has 0 amide bonds. The van der Waals surface area contributed by atoms with Crippen LogP contribution in [-0.4, -0.2) is 6.61 Å². The Labute approximate surface area is 121 Å². The number of ether oxygens (including phenoxy) is 1. The van der Waals surface area contributed by atoms with Crippen LogP contribution in [0.25, 0.3) is 0 Å². The predicted molar refractivity (Wildman–Crippen MR) is 84.2 cm³/mol. The molecule has 1 atom stereocenters. The van der Waals surface area contributed by atoms with E-state index in [9.17, 15) is 0 Å². The first-order valence-electron chi connectivity index (χ1n) is 7.05. The van der Waals surface area contributed by atoms with Gasteiger partial charge < -0.3 is 10.5 Å². The summed E-state index contributed by atoms with van der Waals surface area (Å²) in [5.41, 5.74) is 10.8. The van der Waals surface area contributed by atoms with Gasteiger partial charge in [-0.1, -0.05) is 30.3 Å². The van der Waals surface area contributed by atoms with Crippen LogP contribution in [0.2, 0.25) is 0 Å². The minimum Gasteiger partial charge on any atom is -0.494 e. The van der Waals surface area contributed by atoms with Gasteiger partial charge in [0.2, 0.25) is 0 Å². The fraction of sp³-hybridized carbons (Fsp3) is 0.333. The third-order valence-electron chi connectivity index (χ3n) is 3.85. The SMILES string of the molecule is CCOc1cccc(C(C)(N)c2ccc(C)c(C)c2)c1. The summed E-state index contributed by atoms with van der Waals surface area (Å²) in [6.45, 7) is 8.92. The van der Waals surface area contributed by atoms with Gasteiger partial charge in [-0.05, 0) is 62.1 Å². The maximum Gasteiger partial charge on any atom is 0.119 e. The molecule has 2 aromatic rings. The molecule has 20 heavy (non-hydrogen) atoms. The highest BCUT2D eigenvalue weighted by atomic mass is 16.5. The van der Waals surface area contributed by atoms with E-state index < -0.39 is 5.54 Å². The Balaban J connectivity index is 2.42. The van der Waals surface area contributed by atoms with Crippen LogP contribution in [0, 0.1) is 13.8 Å². The molecule has 0 bridgehead atoms. The van der Waals surface area contributed by atoms with E-state index in [0.717, 1.165) is 16.9 Å². The maximum absolute atomic E-state index is 6.59. The van der Waals surface area contributed by atoms with Gasteiger partial charge in [-0.2, -0.15) is 0 Å². The number of hydrogen-bond donors (Lipinski definition) is 1. The topological polar surface area (TPSA) is 35.2 Å². The average Bonchev–Trinajstić information content (AvgIpc) is 2.42. The molecule has 2 heteroatoms. The van der Waals surface area contributed by atoms with Gasteiger partial charge >= 0.3 is 0 Å². The molecular formula is C18H23NO. The Morgan fingerprint density at radius 2 is 1.70 bits per heavy atom. The average molecular weight is 269 g/mol. The van der Waals surface area contributed by atoms with Gasteiger partial charge in [0.15, 0.2) is 0 Å². The first kappa shape index (κ1) is 14.6. The lowest BCUT2D eigenvalue weighted by Crippen LogP contribution is -2.34. The fourth-order valence-corrected chi connectivity index (χ4v) is 2.31. The van der Waals surface area contributed by atoms with E-state index in [1.807, 2.05) is 32.0 Å². The van der Waals surface area contributed by atoms with Crippen molar-refractivity contribution >= 4 is 0 Å². The third-order valence-corrected chi connectivity index (χ3v) is 3.85. The van der Waals surface area contributed by atoms with E-state index in [1.54, 1.807) is 0 Å². The van der Waals surface area contributed by atoms with Crippen molar-refractivity contribution in [2.45, 2.75) is 33.2 Å². The number of nitrogens with two attached hydrogens (primary N) is 1. The third kappa shape index (κ3) is 2.86. The van der Waals surface area contributed by atoms with E-state index in [0.29, 0.717) is 6.61 Å². The monoisotopic (exact) mass is 269 g/mol. The lowest BCUT2D eigenvalue weighted by Gasteiger charge is -2.27. The molecule has 0 fully saturated rings. The van der Waals surface area contributed by atoms with E-state index in [4.69, 9.17) is 10.5 Å². The summed E-state index contributed by atoms with van der Waals surface area (Å²) in [5, 5.41) is 0. The molecule has 0 aliphatic carbocycles. The molecule has 106 valence electrons. The Kier molecular flexibility index (Phi) is 4.15. The van der Waals surface area contributed by atoms with Gasteiger partial charge in [0.1, 0.15) is 5.75 Å². The van der Waals surface area contributed by atoms with E-state index in [1.165, 1.54) is 11.1 Å². The zero-order valence-corrected chi connectivity index (χ0v) is 12.7. The molecule has 0 aromatic heterocycles. The van der Waals surface area contributed by atoms with E-state index in [2.05, 4.69) is 38.1 Å². The van der Waals surface area contributed by atoms with Crippen LogP contribution in [0.15, 0.2) is 42.5 Å². The van der Waals surface area contributed by atoms with E-state index >= 15 is 0 Å². The molecule has 0 aliphatic rings. The molecule has 0 spiro atoms. The van der Waals surface area contributed by atoms with Gasteiger partial charge in [0.05, 0.1) is 12.1 Å². The van der Waals surface area contributed by atoms with Crippen LogP contribution < -0.4 is 10.5 Å². The van der Waals surface area contributed by atoms with Gasteiger partial charge in [-0.25, -0.2) is 0 Å².